The van der Waals surface area contributed by atoms with Gasteiger partial charge in [0.05, 0.1) is 133 Å². The molecule has 0 aliphatic carbocycles. The lowest BCUT2D eigenvalue weighted by atomic mass is 10.0. The topological polar surface area (TPSA) is 360 Å². The van der Waals surface area contributed by atoms with Gasteiger partial charge in [-0.25, -0.2) is 42.2 Å². The van der Waals surface area contributed by atoms with Crippen LogP contribution in [-0.2, 0) is 116 Å². The molecule has 0 saturated heterocycles. The summed E-state index contributed by atoms with van der Waals surface area (Å²) in [6.45, 7) is 5.32. The number of H-pyrrole nitrogens is 4. The molecule has 34 heteroatoms. The van der Waals surface area contributed by atoms with Gasteiger partial charge in [-0.15, -0.1) is 0 Å². The van der Waals surface area contributed by atoms with Crippen LogP contribution in [0.25, 0.3) is 43.1 Å². The van der Waals surface area contributed by atoms with E-state index in [9.17, 15) is 60.1 Å². The number of benzene rings is 9. The van der Waals surface area contributed by atoms with Crippen molar-refractivity contribution in [1.29, 1.82) is 0 Å². The van der Waals surface area contributed by atoms with E-state index in [-0.39, 0.29) is 83.0 Å². The van der Waals surface area contributed by atoms with Crippen molar-refractivity contribution in [3.8, 4) is 0 Å². The summed E-state index contributed by atoms with van der Waals surface area (Å²) in [4.78, 5) is 107. The molecule has 12 heterocycles. The highest BCUT2D eigenvalue weighted by atomic mass is 32.2. The van der Waals surface area contributed by atoms with E-state index >= 15 is 0 Å². The third-order valence-corrected chi connectivity index (χ3v) is 24.7. The van der Waals surface area contributed by atoms with Crippen LogP contribution in [0, 0.1) is 30.2 Å². The summed E-state index contributed by atoms with van der Waals surface area (Å²) in [5.74, 6) is -0.462. The van der Waals surface area contributed by atoms with Crippen LogP contribution in [-0.4, -0.2) is 133 Å². The SMILES string of the molecule is C.C.C=S(=O)(O)c1ccc(C)cc1.Cn1ccc2c1CN(C(=O)c1cc(Cc3n[nH]c(=O)c4ccccc34)ccc1F)C2.Cn1ncc2c1CN(C(=O)c1cc(Cc3n[nH]c(=O)c4ccccc34)ccc1F)C2.Cn1ncc2c1CN(C(=O)c1cc(Cc3n[nH]c(=O)c4ccccc34)ccc1F)C2.Cn1ncc2c1CN(C(=O)c1cc(Cc3n[nH]c(=O)c4ccccc34)ccc1F)C2. The Bertz CT molecular complexity index is 6970. The number of fused-ring (bicyclic) bond motifs is 8. The van der Waals surface area contributed by atoms with Gasteiger partial charge in [-0.2, -0.15) is 35.7 Å². The van der Waals surface area contributed by atoms with Gasteiger partial charge < -0.3 is 28.7 Å². The molecule has 133 heavy (non-hydrogen) atoms. The third-order valence-electron chi connectivity index (χ3n) is 23.7. The Labute approximate surface area is 758 Å². The number of nitrogens with one attached hydrogen (secondary N) is 4. The molecule has 1 atom stereocenters. The molecule has 676 valence electrons. The van der Waals surface area contributed by atoms with E-state index in [1.54, 1.807) is 174 Å². The lowest BCUT2D eigenvalue weighted by molar-refractivity contribution is 0.0736. The van der Waals surface area contributed by atoms with Crippen LogP contribution in [0.1, 0.15) is 152 Å². The monoisotopic (exact) mass is 1810 g/mol. The van der Waals surface area contributed by atoms with Gasteiger partial charge in [-0.05, 0) is 132 Å². The fourth-order valence-corrected chi connectivity index (χ4v) is 17.2. The summed E-state index contributed by atoms with van der Waals surface area (Å²) in [5, 5.41) is 44.4. The highest BCUT2D eigenvalue weighted by molar-refractivity contribution is 7.95. The summed E-state index contributed by atoms with van der Waals surface area (Å²) in [5.41, 5.74) is 13.8. The first-order valence-corrected chi connectivity index (χ1v) is 43.2. The Morgan fingerprint density at radius 3 is 0.872 bits per heavy atom. The van der Waals surface area contributed by atoms with Gasteiger partial charge in [0.1, 0.15) is 33.1 Å². The predicted molar refractivity (Wildman–Crippen MR) is 496 cm³/mol. The number of carbonyl (C=O) groups excluding carboxylic acids is 4. The van der Waals surface area contributed by atoms with Crippen LogP contribution in [0.15, 0.2) is 249 Å². The second kappa shape index (κ2) is 38.4. The van der Waals surface area contributed by atoms with Gasteiger partial charge in [0.15, 0.2) is 0 Å². The van der Waals surface area contributed by atoms with Crippen LogP contribution in [0.2, 0.25) is 0 Å². The highest BCUT2D eigenvalue weighted by Gasteiger charge is 2.34. The Morgan fingerprint density at radius 2 is 0.617 bits per heavy atom. The summed E-state index contributed by atoms with van der Waals surface area (Å²) in [6.07, 6.45) is 8.65. The maximum absolute atomic E-state index is 14.5. The number of hydrogen-bond donors (Lipinski definition) is 5. The van der Waals surface area contributed by atoms with Gasteiger partial charge >= 0.3 is 0 Å². The molecule has 8 aromatic heterocycles. The number of aromatic nitrogens is 15. The van der Waals surface area contributed by atoms with E-state index in [1.807, 2.05) is 100 Å². The maximum Gasteiger partial charge on any atom is 0.272 e. The summed E-state index contributed by atoms with van der Waals surface area (Å²) < 4.78 is 85.3. The Morgan fingerprint density at radius 1 is 0.361 bits per heavy atom. The second-order valence-corrected chi connectivity index (χ2v) is 34.1. The summed E-state index contributed by atoms with van der Waals surface area (Å²) in [7, 11) is 4.41. The van der Waals surface area contributed by atoms with Crippen LogP contribution in [0.5, 0.6) is 0 Å². The molecule has 17 aromatic rings. The smallest absolute Gasteiger partial charge is 0.272 e. The van der Waals surface area contributed by atoms with Crippen molar-refractivity contribution < 1.29 is 45.5 Å². The molecular formula is C99H91F4N19O10S. The minimum atomic E-state index is -3.02. The molecule has 21 rings (SSSR count). The van der Waals surface area contributed by atoms with Crippen molar-refractivity contribution in [1.82, 2.24) is 94.3 Å². The van der Waals surface area contributed by atoms with Crippen molar-refractivity contribution >= 4 is 82.4 Å². The number of carbonyl (C=O) groups is 4. The molecule has 4 aliphatic rings. The summed E-state index contributed by atoms with van der Waals surface area (Å²) in [6, 6.07) is 55.7. The fraction of sp³-hybridized carbons (Fsp3) is 0.192. The zero-order valence-corrected chi connectivity index (χ0v) is 72.1. The second-order valence-electron chi connectivity index (χ2n) is 32.4. The summed E-state index contributed by atoms with van der Waals surface area (Å²) >= 11 is 0. The highest BCUT2D eigenvalue weighted by Crippen LogP contribution is 2.33. The Hall–Kier alpha value is -16.0. The van der Waals surface area contributed by atoms with Gasteiger partial charge in [0.25, 0.3) is 45.9 Å². The molecule has 4 aliphatic heterocycles. The molecule has 0 fully saturated rings. The zero-order valence-electron chi connectivity index (χ0n) is 71.3. The molecule has 5 N–H and O–H groups in total. The quantitative estimate of drug-likeness (QED) is 0.0529. The first-order valence-electron chi connectivity index (χ1n) is 41.5. The van der Waals surface area contributed by atoms with Crippen molar-refractivity contribution in [2.75, 3.05) is 0 Å². The molecule has 0 bridgehead atoms. The van der Waals surface area contributed by atoms with Crippen LogP contribution >= 0.6 is 0 Å². The van der Waals surface area contributed by atoms with Crippen molar-refractivity contribution in [3.63, 3.8) is 0 Å². The van der Waals surface area contributed by atoms with Gasteiger partial charge in [-0.3, -0.25) is 52.4 Å². The van der Waals surface area contributed by atoms with Crippen molar-refractivity contribution in [3.05, 3.63) is 408 Å². The number of aromatic amines is 4. The minimum Gasteiger partial charge on any atom is -0.353 e. The zero-order chi connectivity index (χ0) is 91.8. The van der Waals surface area contributed by atoms with E-state index in [4.69, 9.17) is 4.55 Å². The number of rotatable bonds is 13. The van der Waals surface area contributed by atoms with Crippen LogP contribution in [0.4, 0.5) is 17.6 Å². The van der Waals surface area contributed by atoms with E-state index in [0.29, 0.717) is 127 Å². The Balaban J connectivity index is 0.000000130. The van der Waals surface area contributed by atoms with E-state index in [1.165, 1.54) is 24.3 Å². The fourth-order valence-electron chi connectivity index (χ4n) is 16.7. The van der Waals surface area contributed by atoms with Gasteiger partial charge in [-0.1, -0.05) is 130 Å². The molecular weight excluding hydrogens is 1720 g/mol. The predicted octanol–water partition coefficient (Wildman–Crippen LogP) is 13.6. The number of aryl methyl sites for hydroxylation is 5. The van der Waals surface area contributed by atoms with Crippen LogP contribution < -0.4 is 22.2 Å². The number of hydrogen-bond acceptors (Lipinski definition) is 16. The molecule has 1 unspecified atom stereocenters. The normalized spacial score (nSPS) is 13.1. The Kier molecular flexibility index (Phi) is 26.5. The number of nitrogens with zero attached hydrogens (tertiary/aromatic N) is 15. The molecule has 9 aromatic carbocycles. The van der Waals surface area contributed by atoms with E-state index in [2.05, 4.69) is 62.0 Å². The largest absolute Gasteiger partial charge is 0.353 e. The standard InChI is InChI=1S/C23H19FN4O2.3C22H18FN5O2.C8H10O2S.2CH4/c1-27-9-8-15-12-28(13-21(15)27)23(30)18-10-14(6-7-19(18)24)11-20-16-4-2-3-5-17(16)22(29)26-25-20;3*1-27-20-12-28(11-14(20)10-24-27)22(30)17-8-13(6-7-18(17)23)9-19-15-4-2-3-5-16(15)21(29)26-25-19;1-7-3-5-8(6-4-7)11(2,9)10;;/h2-10H,11-13H2,1H3,(H,26,29);3*2-8,10H,9,11-12H2,1H3,(H,26,29);3-6H,2H2,1H3,(H,9,10);2*1H4. The minimum absolute atomic E-state index is 0. The van der Waals surface area contributed by atoms with E-state index in [0.717, 1.165) is 94.4 Å². The average molecular weight is 1810 g/mol. The molecule has 0 spiro atoms. The number of amides is 4. The third kappa shape index (κ3) is 19.2. The lowest BCUT2D eigenvalue weighted by Gasteiger charge is -2.17. The molecule has 4 amide bonds. The first-order chi connectivity index (χ1) is 63.0. The molecule has 0 saturated carbocycles. The maximum atomic E-state index is 14.5. The van der Waals surface area contributed by atoms with Gasteiger partial charge in [0.2, 0.25) is 0 Å². The van der Waals surface area contributed by atoms with Crippen LogP contribution in [0.3, 0.4) is 0 Å². The van der Waals surface area contributed by atoms with Crippen molar-refractivity contribution in [2.24, 2.45) is 28.2 Å². The average Bonchev–Trinajstić information content (AvgIpc) is 1.60. The number of halogens is 4. The molecule has 29 nitrogen and oxygen atoms in total. The van der Waals surface area contributed by atoms with Gasteiger partial charge in [0, 0.05) is 130 Å². The lowest BCUT2D eigenvalue weighted by Crippen LogP contribution is -2.27. The van der Waals surface area contributed by atoms with Crippen molar-refractivity contribution in [2.45, 2.75) is 105 Å². The molecule has 0 radical (unpaired) electrons. The first kappa shape index (κ1) is 91.8. The van der Waals surface area contributed by atoms with E-state index < -0.39 is 33.1 Å².